The number of hydrogen-bond donors (Lipinski definition) is 0. The zero-order valence-electron chi connectivity index (χ0n) is 12.8. The summed E-state index contributed by atoms with van der Waals surface area (Å²) in [6.45, 7) is 0.567. The van der Waals surface area contributed by atoms with E-state index in [0.717, 1.165) is 17.7 Å². The van der Waals surface area contributed by atoms with E-state index >= 15 is 0 Å². The van der Waals surface area contributed by atoms with E-state index in [1.54, 1.807) is 22.5 Å². The largest absolute Gasteiger partial charge is 0.305 e. The molecule has 4 rings (SSSR count). The highest BCUT2D eigenvalue weighted by Crippen LogP contribution is 2.33. The number of hydrogen-bond acceptors (Lipinski definition) is 4. The molecule has 24 heavy (non-hydrogen) atoms. The van der Waals surface area contributed by atoms with Crippen LogP contribution in [0.4, 0.5) is 5.69 Å². The van der Waals surface area contributed by atoms with E-state index < -0.39 is 0 Å². The van der Waals surface area contributed by atoms with E-state index in [1.807, 2.05) is 35.1 Å². The Morgan fingerprint density at radius 3 is 2.96 bits per heavy atom. The summed E-state index contributed by atoms with van der Waals surface area (Å²) in [4.78, 5) is 15.4. The number of rotatable bonds is 2. The van der Waals surface area contributed by atoms with Crippen LogP contribution in [0.15, 0.2) is 54.2 Å². The molecule has 1 amide bonds. The van der Waals surface area contributed by atoms with Crippen molar-refractivity contribution in [1.82, 2.24) is 9.78 Å². The Balaban J connectivity index is 1.72. The quantitative estimate of drug-likeness (QED) is 0.722. The minimum absolute atomic E-state index is 0.0641. The van der Waals surface area contributed by atoms with Gasteiger partial charge in [-0.05, 0) is 30.2 Å². The maximum atomic E-state index is 13.0. The second-order valence-electron chi connectivity index (χ2n) is 5.70. The highest BCUT2D eigenvalue weighted by Gasteiger charge is 2.30. The van der Waals surface area contributed by atoms with Crippen LogP contribution in [0.25, 0.3) is 0 Å². The number of thiophene rings is 1. The number of carbonyl (C=O) groups excluding carboxylic acids is 1. The molecule has 0 saturated heterocycles. The minimum atomic E-state index is -0.0641. The van der Waals surface area contributed by atoms with Crippen LogP contribution in [0.5, 0.6) is 0 Å². The van der Waals surface area contributed by atoms with Crippen LogP contribution in [0.3, 0.4) is 0 Å². The van der Waals surface area contributed by atoms with Crippen LogP contribution in [0, 0.1) is 11.3 Å². The van der Waals surface area contributed by atoms with Crippen molar-refractivity contribution >= 4 is 22.9 Å². The molecule has 0 spiro atoms. The Bertz CT molecular complexity index is 923. The summed E-state index contributed by atoms with van der Waals surface area (Å²) in [6.07, 6.45) is 4.53. The predicted molar refractivity (Wildman–Crippen MR) is 92.1 cm³/mol. The van der Waals surface area contributed by atoms with Crippen LogP contribution < -0.4 is 4.90 Å². The lowest BCUT2D eigenvalue weighted by atomic mass is 9.97. The van der Waals surface area contributed by atoms with Crippen molar-refractivity contribution in [3.05, 3.63) is 70.2 Å². The molecule has 1 atom stereocenters. The maximum absolute atomic E-state index is 13.0. The van der Waals surface area contributed by atoms with Crippen LogP contribution in [0.1, 0.15) is 26.8 Å². The number of amides is 1. The molecule has 0 N–H and O–H groups in total. The van der Waals surface area contributed by atoms with Crippen molar-refractivity contribution in [3.8, 4) is 6.07 Å². The van der Waals surface area contributed by atoms with Gasteiger partial charge in [-0.15, -0.1) is 11.3 Å². The molecule has 1 aliphatic rings. The van der Waals surface area contributed by atoms with Gasteiger partial charge in [0.25, 0.3) is 5.91 Å². The van der Waals surface area contributed by atoms with Gasteiger partial charge in [-0.2, -0.15) is 10.4 Å². The first kappa shape index (κ1) is 14.7. The number of nitriles is 1. The molecule has 118 valence electrons. The fourth-order valence-corrected chi connectivity index (χ4v) is 3.86. The number of anilines is 1. The summed E-state index contributed by atoms with van der Waals surface area (Å²) in [7, 11) is 0. The lowest BCUT2D eigenvalue weighted by Crippen LogP contribution is -2.40. The molecule has 0 aliphatic carbocycles. The topological polar surface area (TPSA) is 61.9 Å². The number of carbonyl (C=O) groups is 1. The normalized spacial score (nSPS) is 16.5. The third-order valence-corrected chi connectivity index (χ3v) is 5.13. The Labute approximate surface area is 143 Å². The maximum Gasteiger partial charge on any atom is 0.268 e. The minimum Gasteiger partial charge on any atom is -0.305 e. The monoisotopic (exact) mass is 334 g/mol. The summed E-state index contributed by atoms with van der Waals surface area (Å²) in [5.74, 6) is -0.0641. The molecule has 3 heterocycles. The second kappa shape index (κ2) is 5.95. The summed E-state index contributed by atoms with van der Waals surface area (Å²) < 4.78 is 1.91. The average Bonchev–Trinajstić information content (AvgIpc) is 3.31. The van der Waals surface area contributed by atoms with E-state index in [-0.39, 0.29) is 11.9 Å². The third kappa shape index (κ3) is 2.49. The van der Waals surface area contributed by atoms with E-state index in [2.05, 4.69) is 17.2 Å². The Morgan fingerprint density at radius 2 is 2.21 bits per heavy atom. The summed E-state index contributed by atoms with van der Waals surface area (Å²) in [5.41, 5.74) is 2.60. The molecule has 0 fully saturated rings. The molecule has 0 bridgehead atoms. The fraction of sp³-hybridized carbons (Fsp3) is 0.167. The average molecular weight is 334 g/mol. The van der Waals surface area contributed by atoms with Crippen LogP contribution >= 0.6 is 11.3 Å². The fourth-order valence-electron chi connectivity index (χ4n) is 3.08. The van der Waals surface area contributed by atoms with Crippen LogP contribution in [0.2, 0.25) is 0 Å². The molecular weight excluding hydrogens is 320 g/mol. The molecule has 3 aromatic rings. The van der Waals surface area contributed by atoms with Gasteiger partial charge in [0.05, 0.1) is 16.5 Å². The molecule has 5 nitrogen and oxygen atoms in total. The molecule has 2 aromatic heterocycles. The Hall–Kier alpha value is -2.91. The molecule has 0 unspecified atom stereocenters. The van der Waals surface area contributed by atoms with E-state index in [0.29, 0.717) is 17.0 Å². The Kier molecular flexibility index (Phi) is 3.63. The molecule has 6 heteroatoms. The van der Waals surface area contributed by atoms with Gasteiger partial charge in [-0.3, -0.25) is 9.48 Å². The molecule has 0 radical (unpaired) electrons. The van der Waals surface area contributed by atoms with E-state index in [1.165, 1.54) is 11.3 Å². The van der Waals surface area contributed by atoms with Gasteiger partial charge < -0.3 is 4.90 Å². The van der Waals surface area contributed by atoms with Gasteiger partial charge in [0, 0.05) is 30.0 Å². The van der Waals surface area contributed by atoms with Crippen molar-refractivity contribution in [2.75, 3.05) is 11.4 Å². The number of benzene rings is 1. The number of fused-ring (bicyclic) bond motifs is 1. The van der Waals surface area contributed by atoms with Gasteiger partial charge in [-0.1, -0.05) is 18.2 Å². The standard InChI is InChI=1S/C18H14N4OS/c19-10-13-8-17(24-12-13)18(23)21-11-15(22-7-3-6-20-22)9-14-4-1-2-5-16(14)21/h1-8,12,15H,9,11H2/t15-/m1/s1. The first-order chi connectivity index (χ1) is 11.8. The number of aromatic nitrogens is 2. The number of para-hydroxylation sites is 1. The molecule has 0 saturated carbocycles. The molecule has 1 aliphatic heterocycles. The SMILES string of the molecule is N#Cc1csc(C(=O)N2C[C@H](n3cccn3)Cc3ccccc32)c1. The van der Waals surface area contributed by atoms with Gasteiger partial charge in [0.2, 0.25) is 0 Å². The zero-order valence-corrected chi connectivity index (χ0v) is 13.6. The molecular formula is C18H14N4OS. The van der Waals surface area contributed by atoms with E-state index in [4.69, 9.17) is 5.26 Å². The summed E-state index contributed by atoms with van der Waals surface area (Å²) in [5, 5.41) is 15.0. The lowest BCUT2D eigenvalue weighted by molar-refractivity contribution is 0.0984. The van der Waals surface area contributed by atoms with Crippen LogP contribution in [-0.4, -0.2) is 22.2 Å². The van der Waals surface area contributed by atoms with Crippen molar-refractivity contribution in [2.45, 2.75) is 12.5 Å². The van der Waals surface area contributed by atoms with Gasteiger partial charge >= 0.3 is 0 Å². The lowest BCUT2D eigenvalue weighted by Gasteiger charge is -2.34. The van der Waals surface area contributed by atoms with Crippen molar-refractivity contribution < 1.29 is 4.79 Å². The number of nitrogens with zero attached hydrogens (tertiary/aromatic N) is 4. The summed E-state index contributed by atoms with van der Waals surface area (Å²) >= 11 is 1.31. The highest BCUT2D eigenvalue weighted by molar-refractivity contribution is 7.12. The Morgan fingerprint density at radius 1 is 1.33 bits per heavy atom. The first-order valence-corrected chi connectivity index (χ1v) is 8.52. The van der Waals surface area contributed by atoms with Gasteiger partial charge in [0.15, 0.2) is 0 Å². The highest BCUT2D eigenvalue weighted by atomic mass is 32.1. The van der Waals surface area contributed by atoms with Crippen LogP contribution in [-0.2, 0) is 6.42 Å². The third-order valence-electron chi connectivity index (χ3n) is 4.21. The van der Waals surface area contributed by atoms with Crippen molar-refractivity contribution in [3.63, 3.8) is 0 Å². The first-order valence-electron chi connectivity index (χ1n) is 7.64. The zero-order chi connectivity index (χ0) is 16.5. The van der Waals surface area contributed by atoms with Gasteiger partial charge in [-0.25, -0.2) is 0 Å². The van der Waals surface area contributed by atoms with E-state index in [9.17, 15) is 4.79 Å². The van der Waals surface area contributed by atoms with Crippen molar-refractivity contribution in [1.29, 1.82) is 5.26 Å². The summed E-state index contributed by atoms with van der Waals surface area (Å²) in [6, 6.07) is 13.7. The smallest absolute Gasteiger partial charge is 0.268 e. The van der Waals surface area contributed by atoms with Gasteiger partial charge in [0.1, 0.15) is 6.07 Å². The van der Waals surface area contributed by atoms with Crippen molar-refractivity contribution in [2.24, 2.45) is 0 Å². The molecule has 1 aromatic carbocycles. The predicted octanol–water partition coefficient (Wildman–Crippen LogP) is 3.26. The second-order valence-corrected chi connectivity index (χ2v) is 6.61.